The minimum Gasteiger partial charge on any atom is -0.493 e. The Morgan fingerprint density at radius 3 is 2.58 bits per heavy atom. The van der Waals surface area contributed by atoms with E-state index < -0.39 is 18.5 Å². The number of nitrogens with zero attached hydrogens (tertiary/aromatic N) is 3. The number of aliphatic carboxylic acids is 1. The number of allylic oxidation sites excluding steroid dienone is 1. The molecule has 0 amide bonds. The normalized spacial score (nSPS) is 10.9. The topological polar surface area (TPSA) is 114 Å². The van der Waals surface area contributed by atoms with Gasteiger partial charge in [-0.1, -0.05) is 6.07 Å². The van der Waals surface area contributed by atoms with Gasteiger partial charge < -0.3 is 14.6 Å². The van der Waals surface area contributed by atoms with Gasteiger partial charge in [-0.05, 0) is 43.7 Å². The van der Waals surface area contributed by atoms with E-state index in [0.717, 1.165) is 0 Å². The second-order valence-electron chi connectivity index (χ2n) is 5.41. The van der Waals surface area contributed by atoms with Crippen molar-refractivity contribution in [1.29, 1.82) is 5.26 Å². The molecule has 1 heterocycles. The third-order valence-electron chi connectivity index (χ3n) is 3.40. The molecule has 0 saturated carbocycles. The maximum absolute atomic E-state index is 12.5. The van der Waals surface area contributed by atoms with E-state index in [1.807, 2.05) is 6.07 Å². The van der Waals surface area contributed by atoms with Crippen LogP contribution in [0.4, 0.5) is 0 Å². The van der Waals surface area contributed by atoms with Crippen molar-refractivity contribution in [2.24, 2.45) is 0 Å². The summed E-state index contributed by atoms with van der Waals surface area (Å²) in [5.41, 5.74) is 1.73. The summed E-state index contributed by atoms with van der Waals surface area (Å²) < 4.78 is 11.5. The summed E-state index contributed by atoms with van der Waals surface area (Å²) in [4.78, 5) is 23.1. The predicted molar refractivity (Wildman–Crippen MR) is 92.0 cm³/mol. The number of hydrogen-bond donors (Lipinski definition) is 1. The molecule has 2 rings (SSSR count). The molecule has 0 radical (unpaired) electrons. The maximum Gasteiger partial charge on any atom is 0.341 e. The molecule has 8 nitrogen and oxygen atoms in total. The summed E-state index contributed by atoms with van der Waals surface area (Å²) >= 11 is 0. The first-order valence-corrected chi connectivity index (χ1v) is 7.58. The van der Waals surface area contributed by atoms with Crippen LogP contribution in [0.1, 0.15) is 21.7 Å². The highest BCUT2D eigenvalue weighted by atomic mass is 16.5. The number of methoxy groups -OCH3 is 1. The fourth-order valence-corrected chi connectivity index (χ4v) is 2.29. The van der Waals surface area contributed by atoms with Gasteiger partial charge in [0.1, 0.15) is 11.6 Å². The van der Waals surface area contributed by atoms with Crippen molar-refractivity contribution in [3.8, 4) is 17.6 Å². The van der Waals surface area contributed by atoms with Crippen molar-refractivity contribution in [1.82, 2.24) is 9.78 Å². The number of benzene rings is 1. The molecule has 1 aromatic heterocycles. The van der Waals surface area contributed by atoms with Crippen LogP contribution in [0.3, 0.4) is 0 Å². The molecule has 134 valence electrons. The third kappa shape index (κ3) is 4.27. The number of carbonyl (C=O) groups is 2. The van der Waals surface area contributed by atoms with Gasteiger partial charge in [0.2, 0.25) is 0 Å². The number of carboxylic acid groups (broad SMARTS) is 1. The second kappa shape index (κ2) is 7.98. The summed E-state index contributed by atoms with van der Waals surface area (Å²) in [5.74, 6) is -1.12. The van der Waals surface area contributed by atoms with E-state index in [0.29, 0.717) is 17.0 Å². The van der Waals surface area contributed by atoms with E-state index in [1.165, 1.54) is 23.9 Å². The van der Waals surface area contributed by atoms with Crippen LogP contribution in [0, 0.1) is 25.2 Å². The molecule has 0 saturated heterocycles. The van der Waals surface area contributed by atoms with Gasteiger partial charge in [0.05, 0.1) is 12.8 Å². The average Bonchev–Trinajstić information content (AvgIpc) is 2.95. The van der Waals surface area contributed by atoms with Crippen LogP contribution in [0.25, 0.3) is 6.08 Å². The zero-order valence-electron chi connectivity index (χ0n) is 14.5. The Morgan fingerprint density at radius 1 is 1.31 bits per heavy atom. The third-order valence-corrected chi connectivity index (χ3v) is 3.40. The minimum atomic E-state index is -1.11. The smallest absolute Gasteiger partial charge is 0.341 e. The Balaban J connectivity index is 2.34. The van der Waals surface area contributed by atoms with Crippen molar-refractivity contribution in [3.63, 3.8) is 0 Å². The second-order valence-corrected chi connectivity index (χ2v) is 5.41. The Bertz CT molecular complexity index is 921. The molecule has 0 spiro atoms. The fraction of sp³-hybridized carbons (Fsp3) is 0.222. The predicted octanol–water partition coefficient (Wildman–Crippen LogP) is 2.22. The monoisotopic (exact) mass is 355 g/mol. The number of carbonyl (C=O) groups excluding carboxylic acids is 1. The van der Waals surface area contributed by atoms with Gasteiger partial charge in [0, 0.05) is 5.69 Å². The summed E-state index contributed by atoms with van der Waals surface area (Å²) in [6.07, 6.45) is 1.41. The van der Waals surface area contributed by atoms with E-state index in [-0.39, 0.29) is 17.1 Å². The molecule has 8 heteroatoms. The molecule has 0 fully saturated rings. The molecule has 0 unspecified atom stereocenters. The molecule has 26 heavy (non-hydrogen) atoms. The van der Waals surface area contributed by atoms with Crippen molar-refractivity contribution < 1.29 is 24.2 Å². The highest BCUT2D eigenvalue weighted by Crippen LogP contribution is 2.29. The van der Waals surface area contributed by atoms with Gasteiger partial charge in [0.25, 0.3) is 5.91 Å². The molecule has 2 aromatic rings. The van der Waals surface area contributed by atoms with Crippen LogP contribution in [-0.4, -0.2) is 40.5 Å². The van der Waals surface area contributed by atoms with Gasteiger partial charge in [-0.15, -0.1) is 0 Å². The van der Waals surface area contributed by atoms with E-state index in [1.54, 1.807) is 32.0 Å². The Labute approximate surface area is 149 Å². The van der Waals surface area contributed by atoms with Gasteiger partial charge in [0.15, 0.2) is 18.1 Å². The molecule has 0 aliphatic heterocycles. The standard InChI is InChI=1S/C18H17N3O5/c1-11-6-12(2)21(20-11)18(24)14(9-19)7-13-4-5-15(16(8-13)25-3)26-10-17(22)23/h4-8H,10H2,1-3H3,(H,22,23)/b14-7+. The van der Waals surface area contributed by atoms with Crippen LogP contribution >= 0.6 is 0 Å². The van der Waals surface area contributed by atoms with Gasteiger partial charge in [-0.3, -0.25) is 4.79 Å². The lowest BCUT2D eigenvalue weighted by Gasteiger charge is -2.10. The number of nitriles is 1. The van der Waals surface area contributed by atoms with E-state index in [2.05, 4.69) is 5.10 Å². The van der Waals surface area contributed by atoms with Crippen molar-refractivity contribution in [2.75, 3.05) is 13.7 Å². The summed E-state index contributed by atoms with van der Waals surface area (Å²) in [7, 11) is 1.41. The lowest BCUT2D eigenvalue weighted by atomic mass is 10.1. The summed E-state index contributed by atoms with van der Waals surface area (Å²) in [5, 5.41) is 22.1. The first kappa shape index (κ1) is 18.7. The van der Waals surface area contributed by atoms with Crippen LogP contribution in [-0.2, 0) is 4.79 Å². The van der Waals surface area contributed by atoms with E-state index in [9.17, 15) is 14.9 Å². The fourth-order valence-electron chi connectivity index (χ4n) is 2.29. The number of ether oxygens (including phenoxy) is 2. The first-order chi connectivity index (χ1) is 12.3. The first-order valence-electron chi connectivity index (χ1n) is 7.58. The van der Waals surface area contributed by atoms with Crippen LogP contribution < -0.4 is 9.47 Å². The number of hydrogen-bond acceptors (Lipinski definition) is 6. The molecule has 0 atom stereocenters. The molecular weight excluding hydrogens is 338 g/mol. The number of aromatic nitrogens is 2. The van der Waals surface area contributed by atoms with Crippen LogP contribution in [0.5, 0.6) is 11.5 Å². The SMILES string of the molecule is COc1cc(/C=C(\C#N)C(=O)n2nc(C)cc2C)ccc1OCC(=O)O. The summed E-state index contributed by atoms with van der Waals surface area (Å²) in [6.45, 7) is 2.98. The lowest BCUT2D eigenvalue weighted by Crippen LogP contribution is -2.15. The van der Waals surface area contributed by atoms with Crippen LogP contribution in [0.15, 0.2) is 29.8 Å². The van der Waals surface area contributed by atoms with Gasteiger partial charge in [-0.2, -0.15) is 10.4 Å². The highest BCUT2D eigenvalue weighted by molar-refractivity contribution is 6.03. The molecule has 0 aliphatic carbocycles. The Kier molecular flexibility index (Phi) is 5.75. The van der Waals surface area contributed by atoms with E-state index >= 15 is 0 Å². The lowest BCUT2D eigenvalue weighted by molar-refractivity contribution is -0.139. The quantitative estimate of drug-likeness (QED) is 0.624. The number of rotatable bonds is 6. The highest BCUT2D eigenvalue weighted by Gasteiger charge is 2.16. The van der Waals surface area contributed by atoms with E-state index in [4.69, 9.17) is 14.6 Å². The molecule has 1 N–H and O–H groups in total. The van der Waals surface area contributed by atoms with Crippen molar-refractivity contribution in [2.45, 2.75) is 13.8 Å². The molecule has 1 aromatic carbocycles. The zero-order chi connectivity index (χ0) is 19.3. The molecule has 0 bridgehead atoms. The summed E-state index contributed by atoms with van der Waals surface area (Å²) in [6, 6.07) is 8.26. The van der Waals surface area contributed by atoms with Crippen LogP contribution in [0.2, 0.25) is 0 Å². The number of carboxylic acids is 1. The zero-order valence-corrected chi connectivity index (χ0v) is 14.5. The largest absolute Gasteiger partial charge is 0.493 e. The average molecular weight is 355 g/mol. The Morgan fingerprint density at radius 2 is 2.04 bits per heavy atom. The minimum absolute atomic E-state index is 0.0996. The Hall–Kier alpha value is -3.60. The molecular formula is C18H17N3O5. The van der Waals surface area contributed by atoms with Crippen molar-refractivity contribution in [3.05, 3.63) is 46.8 Å². The van der Waals surface area contributed by atoms with Crippen molar-refractivity contribution >= 4 is 18.0 Å². The molecule has 0 aliphatic rings. The van der Waals surface area contributed by atoms with Gasteiger partial charge in [-0.25, -0.2) is 9.48 Å². The van der Waals surface area contributed by atoms with Gasteiger partial charge >= 0.3 is 5.97 Å². The number of aryl methyl sites for hydroxylation is 2. The maximum atomic E-state index is 12.5.